The van der Waals surface area contributed by atoms with E-state index >= 15 is 0 Å². The van der Waals surface area contributed by atoms with Gasteiger partial charge in [-0.15, -0.1) is 0 Å². The van der Waals surface area contributed by atoms with E-state index in [9.17, 15) is 0 Å². The first-order valence-corrected chi connectivity index (χ1v) is 8.17. The summed E-state index contributed by atoms with van der Waals surface area (Å²) in [5.41, 5.74) is 8.25. The first kappa shape index (κ1) is 15.5. The van der Waals surface area contributed by atoms with Crippen molar-refractivity contribution >= 4 is 23.2 Å². The summed E-state index contributed by atoms with van der Waals surface area (Å²) >= 11 is 12.7. The Hall–Kier alpha value is -0.360. The van der Waals surface area contributed by atoms with E-state index in [4.69, 9.17) is 33.7 Å². The second kappa shape index (κ2) is 6.82. The van der Waals surface area contributed by atoms with Crippen LogP contribution in [0.25, 0.3) is 0 Å². The van der Waals surface area contributed by atoms with Crippen molar-refractivity contribution in [1.29, 1.82) is 0 Å². The molecule has 2 heterocycles. The summed E-state index contributed by atoms with van der Waals surface area (Å²) in [4.78, 5) is 4.82. The van der Waals surface area contributed by atoms with Gasteiger partial charge < -0.3 is 10.5 Å². The van der Waals surface area contributed by atoms with Crippen molar-refractivity contribution in [2.24, 2.45) is 5.73 Å². The summed E-state index contributed by atoms with van der Waals surface area (Å²) in [6.45, 7) is 7.09. The van der Waals surface area contributed by atoms with Crippen LogP contribution in [-0.2, 0) is 11.3 Å². The molecule has 21 heavy (non-hydrogen) atoms. The van der Waals surface area contributed by atoms with E-state index in [1.807, 2.05) is 12.1 Å². The molecule has 116 valence electrons. The molecule has 0 amide bonds. The van der Waals surface area contributed by atoms with E-state index in [1.165, 1.54) is 0 Å². The molecular weight excluding hydrogens is 309 g/mol. The van der Waals surface area contributed by atoms with Crippen molar-refractivity contribution in [1.82, 2.24) is 9.80 Å². The summed E-state index contributed by atoms with van der Waals surface area (Å²) < 4.78 is 5.39. The van der Waals surface area contributed by atoms with Crippen LogP contribution < -0.4 is 5.73 Å². The third-order valence-electron chi connectivity index (χ3n) is 4.41. The lowest BCUT2D eigenvalue weighted by Crippen LogP contribution is -2.41. The van der Waals surface area contributed by atoms with Crippen molar-refractivity contribution in [2.45, 2.75) is 12.6 Å². The van der Waals surface area contributed by atoms with E-state index in [1.54, 1.807) is 0 Å². The first-order chi connectivity index (χ1) is 10.2. The van der Waals surface area contributed by atoms with Crippen LogP contribution in [0.3, 0.4) is 0 Å². The molecule has 4 nitrogen and oxygen atoms in total. The van der Waals surface area contributed by atoms with Crippen LogP contribution in [0.15, 0.2) is 12.1 Å². The van der Waals surface area contributed by atoms with Gasteiger partial charge in [-0.3, -0.25) is 9.80 Å². The van der Waals surface area contributed by atoms with Crippen LogP contribution in [0.5, 0.6) is 0 Å². The van der Waals surface area contributed by atoms with Crippen LogP contribution in [0.1, 0.15) is 17.2 Å². The number of hydrogen-bond acceptors (Lipinski definition) is 4. The quantitative estimate of drug-likeness (QED) is 0.918. The average Bonchev–Trinajstić information content (AvgIpc) is 2.90. The minimum Gasteiger partial charge on any atom is -0.379 e. The maximum absolute atomic E-state index is 6.36. The molecule has 1 aromatic carbocycles. The predicted octanol–water partition coefficient (Wildman–Crippen LogP) is 2.14. The second-order valence-electron chi connectivity index (χ2n) is 5.60. The van der Waals surface area contributed by atoms with Crippen molar-refractivity contribution in [2.75, 3.05) is 45.9 Å². The minimum atomic E-state index is 0.173. The number of nitrogens with two attached hydrogens (primary N) is 1. The fourth-order valence-electron chi connectivity index (χ4n) is 3.22. The number of ether oxygens (including phenoxy) is 1. The van der Waals surface area contributed by atoms with Gasteiger partial charge in [0.1, 0.15) is 0 Å². The highest BCUT2D eigenvalue weighted by Gasteiger charge is 2.32. The summed E-state index contributed by atoms with van der Waals surface area (Å²) in [7, 11) is 0. The van der Waals surface area contributed by atoms with E-state index < -0.39 is 0 Å². The highest BCUT2D eigenvalue weighted by molar-refractivity contribution is 6.34. The number of nitrogens with zero attached hydrogens (tertiary/aromatic N) is 2. The Morgan fingerprint density at radius 2 is 1.86 bits per heavy atom. The topological polar surface area (TPSA) is 41.7 Å². The number of benzene rings is 1. The fourth-order valence-corrected chi connectivity index (χ4v) is 3.75. The molecule has 1 saturated heterocycles. The largest absolute Gasteiger partial charge is 0.379 e. The normalized spacial score (nSPS) is 23.5. The molecule has 2 N–H and O–H groups in total. The zero-order valence-corrected chi connectivity index (χ0v) is 13.5. The molecule has 0 saturated carbocycles. The Balaban J connectivity index is 1.70. The van der Waals surface area contributed by atoms with Gasteiger partial charge in [0, 0.05) is 55.4 Å². The molecule has 1 unspecified atom stereocenters. The number of fused-ring (bicyclic) bond motifs is 1. The second-order valence-corrected chi connectivity index (χ2v) is 6.41. The summed E-state index contributed by atoms with van der Waals surface area (Å²) in [6.07, 6.45) is 0. The summed E-state index contributed by atoms with van der Waals surface area (Å²) in [6, 6.07) is 3.92. The zero-order valence-electron chi connectivity index (χ0n) is 12.0. The molecular formula is C15H21Cl2N3O. The molecule has 1 atom stereocenters. The molecule has 6 heteroatoms. The Morgan fingerprint density at radius 1 is 1.14 bits per heavy atom. The Morgan fingerprint density at radius 3 is 2.57 bits per heavy atom. The van der Waals surface area contributed by atoms with Crippen molar-refractivity contribution in [3.8, 4) is 0 Å². The Bertz CT molecular complexity index is 506. The highest BCUT2D eigenvalue weighted by atomic mass is 35.5. The lowest BCUT2D eigenvalue weighted by atomic mass is 10.0. The molecule has 2 aliphatic heterocycles. The van der Waals surface area contributed by atoms with Crippen LogP contribution in [-0.4, -0.2) is 55.7 Å². The average molecular weight is 330 g/mol. The van der Waals surface area contributed by atoms with E-state index in [0.717, 1.165) is 67.1 Å². The van der Waals surface area contributed by atoms with Gasteiger partial charge in [-0.2, -0.15) is 0 Å². The standard InChI is InChI=1S/C15H21Cl2N3O/c16-12-1-2-13(17)15-11(12)10-20(14(15)9-18)4-3-19-5-7-21-8-6-19/h1-2,14H,3-10,18H2. The molecule has 0 aromatic heterocycles. The van der Waals surface area contributed by atoms with Gasteiger partial charge in [-0.1, -0.05) is 23.2 Å². The lowest BCUT2D eigenvalue weighted by Gasteiger charge is -2.30. The Kier molecular flexibility index (Phi) is 5.04. The zero-order chi connectivity index (χ0) is 14.8. The van der Waals surface area contributed by atoms with E-state index in [2.05, 4.69) is 9.80 Å². The SMILES string of the molecule is NCC1c2c(Cl)ccc(Cl)c2CN1CCN1CCOCC1. The Labute approximate surface area is 135 Å². The first-order valence-electron chi connectivity index (χ1n) is 7.41. The van der Waals surface area contributed by atoms with E-state index in [-0.39, 0.29) is 6.04 Å². The number of hydrogen-bond donors (Lipinski definition) is 1. The third kappa shape index (κ3) is 3.21. The number of morpholine rings is 1. The van der Waals surface area contributed by atoms with Crippen LogP contribution in [0, 0.1) is 0 Å². The number of halogens is 2. The van der Waals surface area contributed by atoms with Gasteiger partial charge in [0.25, 0.3) is 0 Å². The molecule has 2 aliphatic rings. The maximum atomic E-state index is 6.36. The van der Waals surface area contributed by atoms with Crippen LogP contribution in [0.2, 0.25) is 10.0 Å². The van der Waals surface area contributed by atoms with Gasteiger partial charge >= 0.3 is 0 Å². The minimum absolute atomic E-state index is 0.173. The van der Waals surface area contributed by atoms with Crippen LogP contribution >= 0.6 is 23.2 Å². The third-order valence-corrected chi connectivity index (χ3v) is 5.10. The molecule has 0 spiro atoms. The van der Waals surface area contributed by atoms with Gasteiger partial charge in [0.05, 0.1) is 13.2 Å². The molecule has 0 bridgehead atoms. The van der Waals surface area contributed by atoms with Crippen molar-refractivity contribution in [3.63, 3.8) is 0 Å². The van der Waals surface area contributed by atoms with Crippen molar-refractivity contribution in [3.05, 3.63) is 33.3 Å². The molecule has 3 rings (SSSR count). The fraction of sp³-hybridized carbons (Fsp3) is 0.600. The molecule has 0 radical (unpaired) electrons. The van der Waals surface area contributed by atoms with Gasteiger partial charge in [0.15, 0.2) is 0 Å². The molecule has 0 aliphatic carbocycles. The molecule has 1 fully saturated rings. The van der Waals surface area contributed by atoms with E-state index in [0.29, 0.717) is 6.54 Å². The summed E-state index contributed by atoms with van der Waals surface area (Å²) in [5, 5.41) is 1.57. The lowest BCUT2D eigenvalue weighted by molar-refractivity contribution is 0.0314. The van der Waals surface area contributed by atoms with Gasteiger partial charge in [-0.05, 0) is 23.3 Å². The number of rotatable bonds is 4. The van der Waals surface area contributed by atoms with Crippen LogP contribution in [0.4, 0.5) is 0 Å². The van der Waals surface area contributed by atoms with Gasteiger partial charge in [-0.25, -0.2) is 0 Å². The molecule has 1 aromatic rings. The summed E-state index contributed by atoms with van der Waals surface area (Å²) in [5.74, 6) is 0. The smallest absolute Gasteiger partial charge is 0.0594 e. The maximum Gasteiger partial charge on any atom is 0.0594 e. The van der Waals surface area contributed by atoms with Gasteiger partial charge in [0.2, 0.25) is 0 Å². The highest BCUT2D eigenvalue weighted by Crippen LogP contribution is 2.40. The van der Waals surface area contributed by atoms with Crippen molar-refractivity contribution < 1.29 is 4.74 Å². The predicted molar refractivity (Wildman–Crippen MR) is 85.9 cm³/mol. The monoisotopic (exact) mass is 329 g/mol.